The summed E-state index contributed by atoms with van der Waals surface area (Å²) in [5.74, 6) is -10.5. The number of aryl methyl sites for hydroxylation is 1. The zero-order valence-electron chi connectivity index (χ0n) is 35.8. The Morgan fingerprint density at radius 1 is 0.762 bits per heavy atom. The minimum absolute atomic E-state index is 0.0945. The number of esters is 8. The molecule has 3 fully saturated rings. The van der Waals surface area contributed by atoms with Gasteiger partial charge in [-0.25, -0.2) is 14.4 Å². The van der Waals surface area contributed by atoms with Crippen LogP contribution in [-0.4, -0.2) is 135 Å². The van der Waals surface area contributed by atoms with Crippen LogP contribution in [0.3, 0.4) is 0 Å². The summed E-state index contributed by atoms with van der Waals surface area (Å²) in [6.07, 6.45) is -10.7. The Morgan fingerprint density at radius 3 is 1.94 bits per heavy atom. The van der Waals surface area contributed by atoms with Gasteiger partial charge in [-0.15, -0.1) is 0 Å². The third-order valence-corrected chi connectivity index (χ3v) is 12.2. The summed E-state index contributed by atoms with van der Waals surface area (Å²) in [4.78, 5) is 113. The van der Waals surface area contributed by atoms with Gasteiger partial charge in [0.25, 0.3) is 0 Å². The van der Waals surface area contributed by atoms with Crippen molar-refractivity contribution in [1.29, 1.82) is 0 Å². The average Bonchev–Trinajstić information content (AvgIpc) is 3.42. The Morgan fingerprint density at radius 2 is 1.35 bits per heavy atom. The highest BCUT2D eigenvalue weighted by Gasteiger charge is 2.92. The van der Waals surface area contributed by atoms with E-state index < -0.39 is 138 Å². The molecule has 6 rings (SSSR count). The van der Waals surface area contributed by atoms with Gasteiger partial charge in [-0.1, -0.05) is 18.2 Å². The largest absolute Gasteiger partial charge is 0.465 e. The van der Waals surface area contributed by atoms with E-state index in [1.165, 1.54) is 49.6 Å². The maximum atomic E-state index is 14.5. The number of fused-ring (bicyclic) bond motifs is 5. The van der Waals surface area contributed by atoms with Gasteiger partial charge in [0, 0.05) is 47.0 Å². The molecule has 2 aliphatic heterocycles. The summed E-state index contributed by atoms with van der Waals surface area (Å²) in [5.41, 5.74) is -13.1. The predicted octanol–water partition coefficient (Wildman–Crippen LogP) is 1.27. The molecule has 3 heterocycles. The van der Waals surface area contributed by atoms with Crippen LogP contribution in [0.5, 0.6) is 0 Å². The SMILES string of the molecule is CC(=O)OC[C@]12[C@H](OC(C)=O)[C@H](OC(C)=O)[C@@H]3[C@@H](OC(C)=O)[C@@]14O[C@@]3(C)COC(=O)c1cnccc1CC[C@](C)(O)C(=O)O[C@@H]([C@H](OC(=O)c1ccccc1)[C@@H]2OC(C)=O)[C@@]4(C)O. The Bertz CT molecular complexity index is 2190. The topological polar surface area (TPSA) is 273 Å². The van der Waals surface area contributed by atoms with Crippen molar-refractivity contribution in [2.75, 3.05) is 13.2 Å². The van der Waals surface area contributed by atoms with Crippen LogP contribution in [0.1, 0.15) is 88.1 Å². The van der Waals surface area contributed by atoms with Crippen LogP contribution in [0.15, 0.2) is 48.8 Å². The zero-order valence-corrected chi connectivity index (χ0v) is 35.8. The highest BCUT2D eigenvalue weighted by Crippen LogP contribution is 2.70. The van der Waals surface area contributed by atoms with E-state index in [9.17, 15) is 48.6 Å². The van der Waals surface area contributed by atoms with Gasteiger partial charge in [0.1, 0.15) is 42.0 Å². The van der Waals surface area contributed by atoms with Crippen LogP contribution in [-0.2, 0) is 77.8 Å². The van der Waals surface area contributed by atoms with E-state index in [1.54, 1.807) is 6.07 Å². The molecular weight excluding hydrogens is 834 g/mol. The van der Waals surface area contributed by atoms with Crippen LogP contribution in [0.2, 0.25) is 0 Å². The van der Waals surface area contributed by atoms with Crippen molar-refractivity contribution in [3.8, 4) is 0 Å². The molecule has 2 aromatic rings. The number of ether oxygens (including phenoxy) is 9. The molecule has 1 aromatic heterocycles. The molecule has 4 aliphatic rings. The van der Waals surface area contributed by atoms with Crippen molar-refractivity contribution in [3.63, 3.8) is 0 Å². The van der Waals surface area contributed by atoms with Crippen LogP contribution >= 0.6 is 0 Å². The van der Waals surface area contributed by atoms with Crippen molar-refractivity contribution < 1.29 is 91.2 Å². The molecule has 1 aromatic carbocycles. The number of aliphatic hydroxyl groups is 2. The first kappa shape index (κ1) is 46.5. The minimum atomic E-state index is -2.98. The van der Waals surface area contributed by atoms with Crippen LogP contribution in [0, 0.1) is 11.3 Å². The number of carbonyl (C=O) groups is 8. The molecule has 20 nitrogen and oxygen atoms in total. The number of aromatic nitrogens is 1. The lowest BCUT2D eigenvalue weighted by atomic mass is 9.45. The van der Waals surface area contributed by atoms with Crippen LogP contribution in [0.4, 0.5) is 0 Å². The Kier molecular flexibility index (Phi) is 12.5. The summed E-state index contributed by atoms with van der Waals surface area (Å²) in [6, 6.07) is 8.75. The molecule has 12 atom stereocenters. The highest BCUT2D eigenvalue weighted by molar-refractivity contribution is 5.91. The van der Waals surface area contributed by atoms with Gasteiger partial charge < -0.3 is 52.8 Å². The third-order valence-electron chi connectivity index (χ3n) is 12.2. The maximum Gasteiger partial charge on any atom is 0.340 e. The number of hydrogen-bond acceptors (Lipinski definition) is 20. The lowest BCUT2D eigenvalue weighted by molar-refractivity contribution is -0.386. The van der Waals surface area contributed by atoms with Crippen LogP contribution < -0.4 is 0 Å². The molecule has 1 saturated heterocycles. The quantitative estimate of drug-likeness (QED) is 0.279. The number of benzene rings is 1. The lowest BCUT2D eigenvalue weighted by Crippen LogP contribution is -2.89. The summed E-state index contributed by atoms with van der Waals surface area (Å²) in [6.45, 7) is 6.38. The fourth-order valence-corrected chi connectivity index (χ4v) is 9.75. The normalized spacial score (nSPS) is 35.8. The van der Waals surface area contributed by atoms with Gasteiger partial charge in [0.15, 0.2) is 35.6 Å². The van der Waals surface area contributed by atoms with Crippen molar-refractivity contribution in [3.05, 3.63) is 65.5 Å². The first-order chi connectivity index (χ1) is 29.4. The standard InChI is InChI=1S/C43H49NO19/c1-21(45)55-20-42-34(59-24(4)48)30(57-22(2)46)29-32(58-23(3)47)43(42)41(8,54)33(31(35(42)60-25(5)49)61-36(50)27-12-10-9-11-13-27)62-38(52)39(6,53)16-14-26-15-17-44-18-28(26)37(51)56-19-40(29,7)63-43/h9-13,15,17-18,29-35,53-54H,14,16,19-20H2,1-8H3/t29-,30-,31+,32-,33+,34-,35+,39+,40+,41-,42-,43+/m1/s1. The Hall–Kier alpha value is -5.99. The van der Waals surface area contributed by atoms with Gasteiger partial charge in [-0.05, 0) is 57.4 Å². The number of nitrogens with zero attached hydrogens (tertiary/aromatic N) is 1. The monoisotopic (exact) mass is 883 g/mol. The number of pyridine rings is 1. The molecule has 63 heavy (non-hydrogen) atoms. The molecule has 2 N–H and O–H groups in total. The Balaban J connectivity index is 1.79. The number of rotatable bonds is 8. The van der Waals surface area contributed by atoms with Gasteiger partial charge >= 0.3 is 47.8 Å². The molecule has 2 saturated carbocycles. The second kappa shape index (κ2) is 16.9. The van der Waals surface area contributed by atoms with Crippen molar-refractivity contribution in [2.45, 2.75) is 127 Å². The van der Waals surface area contributed by atoms with Gasteiger partial charge in [0.2, 0.25) is 0 Å². The maximum absolute atomic E-state index is 14.5. The van der Waals surface area contributed by atoms with E-state index >= 15 is 0 Å². The molecular formula is C43H49NO19. The molecule has 1 spiro atoms. The Labute approximate surface area is 360 Å². The number of hydrogen-bond donors (Lipinski definition) is 2. The highest BCUT2D eigenvalue weighted by atomic mass is 16.7. The van der Waals surface area contributed by atoms with E-state index in [0.29, 0.717) is 0 Å². The van der Waals surface area contributed by atoms with Crippen molar-refractivity contribution in [1.82, 2.24) is 4.98 Å². The van der Waals surface area contributed by atoms with Crippen molar-refractivity contribution in [2.24, 2.45) is 11.3 Å². The summed E-state index contributed by atoms with van der Waals surface area (Å²) < 4.78 is 54.9. The molecule has 20 heteroatoms. The molecule has 0 unspecified atom stereocenters. The number of carbonyl (C=O) groups excluding carboxylic acids is 8. The fourth-order valence-electron chi connectivity index (χ4n) is 9.75. The summed E-state index contributed by atoms with van der Waals surface area (Å²) >= 11 is 0. The molecule has 0 radical (unpaired) electrons. The summed E-state index contributed by atoms with van der Waals surface area (Å²) in [5, 5.41) is 25.4. The number of cyclic esters (lactones) is 1. The van der Waals surface area contributed by atoms with E-state index in [0.717, 1.165) is 48.5 Å². The fraction of sp³-hybridized carbons (Fsp3) is 0.558. The first-order valence-corrected chi connectivity index (χ1v) is 20.0. The van der Waals surface area contributed by atoms with Gasteiger partial charge in [-0.2, -0.15) is 0 Å². The van der Waals surface area contributed by atoms with E-state index in [-0.39, 0.29) is 23.1 Å². The molecule has 0 amide bonds. The summed E-state index contributed by atoms with van der Waals surface area (Å²) in [7, 11) is 0. The van der Waals surface area contributed by atoms with Gasteiger partial charge in [-0.3, -0.25) is 29.0 Å². The second-order valence-corrected chi connectivity index (χ2v) is 16.8. The molecule has 340 valence electrons. The van der Waals surface area contributed by atoms with Gasteiger partial charge in [0.05, 0.1) is 17.0 Å². The van der Waals surface area contributed by atoms with Crippen LogP contribution in [0.25, 0.3) is 0 Å². The first-order valence-electron chi connectivity index (χ1n) is 20.0. The zero-order chi connectivity index (χ0) is 46.4. The predicted molar refractivity (Wildman–Crippen MR) is 207 cm³/mol. The second-order valence-electron chi connectivity index (χ2n) is 16.8. The van der Waals surface area contributed by atoms with E-state index in [1.807, 2.05) is 0 Å². The third kappa shape index (κ3) is 7.99. The average molecular weight is 884 g/mol. The molecule has 2 aliphatic carbocycles. The van der Waals surface area contributed by atoms with Crippen molar-refractivity contribution >= 4 is 47.8 Å². The minimum Gasteiger partial charge on any atom is -0.465 e. The van der Waals surface area contributed by atoms with E-state index in [2.05, 4.69) is 4.98 Å². The molecule has 4 bridgehead atoms. The lowest BCUT2D eigenvalue weighted by Gasteiger charge is -2.67. The van der Waals surface area contributed by atoms with E-state index in [4.69, 9.17) is 42.6 Å². The smallest absolute Gasteiger partial charge is 0.340 e.